The molecule has 0 bridgehead atoms. The summed E-state index contributed by atoms with van der Waals surface area (Å²) in [6.45, 7) is 0. The van der Waals surface area contributed by atoms with E-state index in [4.69, 9.17) is 9.47 Å². The Labute approximate surface area is 154 Å². The molecule has 0 saturated heterocycles. The first-order chi connectivity index (χ1) is 12.5. The number of hydrogen-bond acceptors (Lipinski definition) is 4. The van der Waals surface area contributed by atoms with Gasteiger partial charge in [0.15, 0.2) is 11.5 Å². The molecule has 0 aliphatic heterocycles. The summed E-state index contributed by atoms with van der Waals surface area (Å²) in [5.41, 5.74) is 4.37. The van der Waals surface area contributed by atoms with E-state index in [2.05, 4.69) is 5.32 Å². The lowest BCUT2D eigenvalue weighted by Crippen LogP contribution is -2.15. The van der Waals surface area contributed by atoms with Crippen molar-refractivity contribution in [3.8, 4) is 11.5 Å². The van der Waals surface area contributed by atoms with Crippen LogP contribution in [0.4, 0.5) is 11.4 Å². The summed E-state index contributed by atoms with van der Waals surface area (Å²) < 4.78 is 10.8. The van der Waals surface area contributed by atoms with E-state index in [1.807, 2.05) is 55.4 Å². The number of nitrogens with one attached hydrogen (secondary N) is 1. The van der Waals surface area contributed by atoms with Gasteiger partial charge in [0, 0.05) is 31.9 Å². The Morgan fingerprint density at radius 3 is 2.38 bits per heavy atom. The Morgan fingerprint density at radius 2 is 1.77 bits per heavy atom. The molecule has 5 heteroatoms. The minimum absolute atomic E-state index is 0.0373. The third-order valence-electron chi connectivity index (χ3n) is 4.95. The molecule has 0 fully saturated rings. The van der Waals surface area contributed by atoms with Gasteiger partial charge in [-0.2, -0.15) is 0 Å². The monoisotopic (exact) mass is 354 g/mol. The van der Waals surface area contributed by atoms with E-state index >= 15 is 0 Å². The highest BCUT2D eigenvalue weighted by Crippen LogP contribution is 2.41. The quantitative estimate of drug-likeness (QED) is 0.857. The third kappa shape index (κ3) is 3.77. The largest absolute Gasteiger partial charge is 0.493 e. The molecule has 0 heterocycles. The van der Waals surface area contributed by atoms with Crippen LogP contribution in [0.3, 0.4) is 0 Å². The highest BCUT2D eigenvalue weighted by Gasteiger charge is 2.27. The number of carbonyl (C=O) groups excluding carboxylic acids is 1. The Hall–Kier alpha value is -2.69. The number of aryl methyl sites for hydroxylation is 1. The van der Waals surface area contributed by atoms with Gasteiger partial charge in [0.1, 0.15) is 0 Å². The summed E-state index contributed by atoms with van der Waals surface area (Å²) in [7, 11) is 7.27. The first-order valence-electron chi connectivity index (χ1n) is 8.84. The van der Waals surface area contributed by atoms with E-state index in [-0.39, 0.29) is 11.8 Å². The van der Waals surface area contributed by atoms with Gasteiger partial charge in [-0.15, -0.1) is 0 Å². The van der Waals surface area contributed by atoms with Crippen LogP contribution in [-0.4, -0.2) is 34.2 Å². The number of anilines is 2. The second-order valence-electron chi connectivity index (χ2n) is 6.84. The molecule has 3 rings (SSSR count). The van der Waals surface area contributed by atoms with Crippen LogP contribution in [0.15, 0.2) is 36.4 Å². The van der Waals surface area contributed by atoms with Gasteiger partial charge in [0.25, 0.3) is 0 Å². The average Bonchev–Trinajstić information content (AvgIpc) is 3.02. The molecule has 2 aromatic carbocycles. The molecule has 138 valence electrons. The van der Waals surface area contributed by atoms with Gasteiger partial charge < -0.3 is 19.7 Å². The molecule has 0 aromatic heterocycles. The maximum absolute atomic E-state index is 12.5. The maximum atomic E-state index is 12.5. The van der Waals surface area contributed by atoms with Gasteiger partial charge in [-0.05, 0) is 66.3 Å². The van der Waals surface area contributed by atoms with Crippen molar-refractivity contribution < 1.29 is 14.3 Å². The predicted octanol–water partition coefficient (Wildman–Crippen LogP) is 3.83. The van der Waals surface area contributed by atoms with E-state index in [1.54, 1.807) is 14.2 Å². The summed E-state index contributed by atoms with van der Waals surface area (Å²) in [5, 5.41) is 3.00. The fourth-order valence-corrected chi connectivity index (χ4v) is 3.51. The SMILES string of the molecule is COc1cc2c(cc1OC)C(CC(=O)Nc1ccc(N(C)C)cc1)CC2. The zero-order chi connectivity index (χ0) is 18.7. The Balaban J connectivity index is 1.68. The van der Waals surface area contributed by atoms with E-state index in [9.17, 15) is 4.79 Å². The van der Waals surface area contributed by atoms with Gasteiger partial charge in [-0.25, -0.2) is 0 Å². The van der Waals surface area contributed by atoms with Crippen molar-refractivity contribution in [3.63, 3.8) is 0 Å². The van der Waals surface area contributed by atoms with Crippen molar-refractivity contribution in [3.05, 3.63) is 47.5 Å². The first kappa shape index (κ1) is 18.1. The third-order valence-corrected chi connectivity index (χ3v) is 4.95. The van der Waals surface area contributed by atoms with Crippen LogP contribution in [0.25, 0.3) is 0 Å². The summed E-state index contributed by atoms with van der Waals surface area (Å²) in [6, 6.07) is 11.9. The second kappa shape index (κ2) is 7.68. The predicted molar refractivity (Wildman–Crippen MR) is 105 cm³/mol. The molecule has 1 aliphatic carbocycles. The van der Waals surface area contributed by atoms with E-state index < -0.39 is 0 Å². The van der Waals surface area contributed by atoms with Crippen molar-refractivity contribution in [2.24, 2.45) is 0 Å². The summed E-state index contributed by atoms with van der Waals surface area (Å²) in [6.07, 6.45) is 2.40. The molecular formula is C21H26N2O3. The Kier molecular flexibility index (Phi) is 5.35. The van der Waals surface area contributed by atoms with Gasteiger partial charge in [0.2, 0.25) is 5.91 Å². The summed E-state index contributed by atoms with van der Waals surface area (Å²) >= 11 is 0. The van der Waals surface area contributed by atoms with Crippen LogP contribution in [0, 0.1) is 0 Å². The molecule has 1 N–H and O–H groups in total. The van der Waals surface area contributed by atoms with Crippen molar-refractivity contribution in [1.29, 1.82) is 0 Å². The average molecular weight is 354 g/mol. The number of fused-ring (bicyclic) bond motifs is 1. The topological polar surface area (TPSA) is 50.8 Å². The zero-order valence-corrected chi connectivity index (χ0v) is 15.8. The van der Waals surface area contributed by atoms with Crippen LogP contribution in [0.2, 0.25) is 0 Å². The molecule has 1 amide bonds. The summed E-state index contributed by atoms with van der Waals surface area (Å²) in [5.74, 6) is 1.72. The molecule has 5 nitrogen and oxygen atoms in total. The number of ether oxygens (including phenoxy) is 2. The van der Waals surface area contributed by atoms with Crippen LogP contribution in [0.5, 0.6) is 11.5 Å². The van der Waals surface area contributed by atoms with Crippen molar-refractivity contribution in [2.75, 3.05) is 38.5 Å². The van der Waals surface area contributed by atoms with E-state index in [0.717, 1.165) is 35.7 Å². The lowest BCUT2D eigenvalue weighted by atomic mass is 9.97. The Bertz CT molecular complexity index is 785. The molecule has 1 unspecified atom stereocenters. The molecule has 26 heavy (non-hydrogen) atoms. The van der Waals surface area contributed by atoms with Crippen molar-refractivity contribution >= 4 is 17.3 Å². The number of carbonyl (C=O) groups is 1. The van der Waals surface area contributed by atoms with Gasteiger partial charge in [-0.1, -0.05) is 0 Å². The van der Waals surface area contributed by atoms with E-state index in [0.29, 0.717) is 6.42 Å². The molecule has 0 radical (unpaired) electrons. The van der Waals surface area contributed by atoms with Gasteiger partial charge in [-0.3, -0.25) is 4.79 Å². The van der Waals surface area contributed by atoms with Crippen LogP contribution < -0.4 is 19.7 Å². The van der Waals surface area contributed by atoms with E-state index in [1.165, 1.54) is 11.1 Å². The number of hydrogen-bond donors (Lipinski definition) is 1. The number of nitrogens with zero attached hydrogens (tertiary/aromatic N) is 1. The molecular weight excluding hydrogens is 328 g/mol. The second-order valence-corrected chi connectivity index (χ2v) is 6.84. The van der Waals surface area contributed by atoms with Gasteiger partial charge in [0.05, 0.1) is 14.2 Å². The normalized spacial score (nSPS) is 15.3. The number of amides is 1. The highest BCUT2D eigenvalue weighted by atomic mass is 16.5. The lowest BCUT2D eigenvalue weighted by molar-refractivity contribution is -0.116. The zero-order valence-electron chi connectivity index (χ0n) is 15.8. The number of benzene rings is 2. The molecule has 0 spiro atoms. The highest BCUT2D eigenvalue weighted by molar-refractivity contribution is 5.91. The van der Waals surface area contributed by atoms with Crippen LogP contribution >= 0.6 is 0 Å². The molecule has 2 aromatic rings. The van der Waals surface area contributed by atoms with Crippen molar-refractivity contribution in [1.82, 2.24) is 0 Å². The molecule has 0 saturated carbocycles. The maximum Gasteiger partial charge on any atom is 0.224 e. The van der Waals surface area contributed by atoms with Gasteiger partial charge >= 0.3 is 0 Å². The molecule has 1 atom stereocenters. The summed E-state index contributed by atoms with van der Waals surface area (Å²) in [4.78, 5) is 14.5. The minimum Gasteiger partial charge on any atom is -0.493 e. The minimum atomic E-state index is 0.0373. The number of rotatable bonds is 6. The lowest BCUT2D eigenvalue weighted by Gasteiger charge is -2.15. The van der Waals surface area contributed by atoms with Crippen molar-refractivity contribution in [2.45, 2.75) is 25.2 Å². The van der Waals surface area contributed by atoms with Crippen LogP contribution in [0.1, 0.15) is 29.9 Å². The fraction of sp³-hybridized carbons (Fsp3) is 0.381. The Morgan fingerprint density at radius 1 is 1.12 bits per heavy atom. The number of methoxy groups -OCH3 is 2. The fourth-order valence-electron chi connectivity index (χ4n) is 3.51. The first-order valence-corrected chi connectivity index (χ1v) is 8.84. The molecule has 1 aliphatic rings. The van der Waals surface area contributed by atoms with Crippen LogP contribution in [-0.2, 0) is 11.2 Å². The smallest absolute Gasteiger partial charge is 0.224 e. The standard InChI is InChI=1S/C21H26N2O3/c1-23(2)17-9-7-16(8-10-17)22-21(24)12-15-6-5-14-11-19(25-3)20(26-4)13-18(14)15/h7-11,13,15H,5-6,12H2,1-4H3,(H,22,24).